The Kier molecular flexibility index (Phi) is 8.23. The quantitative estimate of drug-likeness (QED) is 0.430. The molecule has 2 aromatic heterocycles. The number of aryl methyl sites for hydroxylation is 2. The molecule has 9 nitrogen and oxygen atoms in total. The average molecular weight is 450 g/mol. The first-order valence-electron chi connectivity index (χ1n) is 11.4. The molecule has 3 rings (SSSR count). The Morgan fingerprint density at radius 2 is 1.58 bits per heavy atom. The summed E-state index contributed by atoms with van der Waals surface area (Å²) in [5.41, 5.74) is 2.54. The Hall–Kier alpha value is -3.62. The zero-order chi connectivity index (χ0) is 23.8. The van der Waals surface area contributed by atoms with E-state index in [4.69, 9.17) is 0 Å². The van der Waals surface area contributed by atoms with E-state index in [1.807, 2.05) is 52.0 Å². The SMILES string of the molecule is CCCC(=O)Cc1ccc(Nc2nc(CC)nc(Nc3cc(C)n(C(=O)CCC)n3)n2)cc1. The summed E-state index contributed by atoms with van der Waals surface area (Å²) in [6.45, 7) is 7.77. The van der Waals surface area contributed by atoms with E-state index in [1.165, 1.54) is 4.68 Å². The molecule has 9 heteroatoms. The highest BCUT2D eigenvalue weighted by Crippen LogP contribution is 2.19. The molecule has 0 amide bonds. The highest BCUT2D eigenvalue weighted by atomic mass is 16.2. The predicted molar refractivity (Wildman–Crippen MR) is 128 cm³/mol. The van der Waals surface area contributed by atoms with Crippen molar-refractivity contribution in [3.63, 3.8) is 0 Å². The van der Waals surface area contributed by atoms with Gasteiger partial charge in [-0.15, -0.1) is 5.10 Å². The number of aromatic nitrogens is 5. The van der Waals surface area contributed by atoms with Crippen LogP contribution in [0.2, 0.25) is 0 Å². The monoisotopic (exact) mass is 449 g/mol. The van der Waals surface area contributed by atoms with Gasteiger partial charge in [-0.1, -0.05) is 32.9 Å². The van der Waals surface area contributed by atoms with Crippen LogP contribution < -0.4 is 10.6 Å². The maximum absolute atomic E-state index is 12.2. The van der Waals surface area contributed by atoms with Gasteiger partial charge in [0.15, 0.2) is 5.82 Å². The molecule has 2 N–H and O–H groups in total. The van der Waals surface area contributed by atoms with Gasteiger partial charge in [0, 0.05) is 43.1 Å². The lowest BCUT2D eigenvalue weighted by Gasteiger charge is -2.09. The lowest BCUT2D eigenvalue weighted by molar-refractivity contribution is -0.118. The molecule has 0 spiro atoms. The van der Waals surface area contributed by atoms with Gasteiger partial charge in [0.1, 0.15) is 11.6 Å². The molecule has 3 aromatic rings. The topological polar surface area (TPSA) is 115 Å². The summed E-state index contributed by atoms with van der Waals surface area (Å²) in [5.74, 6) is 2.06. The Labute approximate surface area is 194 Å². The second-order valence-electron chi connectivity index (χ2n) is 7.89. The summed E-state index contributed by atoms with van der Waals surface area (Å²) in [5, 5.41) is 10.6. The number of ketones is 1. The first-order chi connectivity index (χ1) is 15.9. The first-order valence-corrected chi connectivity index (χ1v) is 11.4. The molecule has 0 unspecified atom stereocenters. The molecule has 0 aliphatic rings. The van der Waals surface area contributed by atoms with E-state index in [2.05, 4.69) is 30.7 Å². The highest BCUT2D eigenvalue weighted by molar-refractivity contribution is 5.81. The van der Waals surface area contributed by atoms with Crippen LogP contribution in [-0.4, -0.2) is 36.4 Å². The van der Waals surface area contributed by atoms with Crippen LogP contribution in [0.1, 0.15) is 68.3 Å². The number of benzene rings is 1. The third-order valence-corrected chi connectivity index (χ3v) is 4.97. The summed E-state index contributed by atoms with van der Waals surface area (Å²) in [6.07, 6.45) is 3.74. The molecule has 0 saturated carbocycles. The van der Waals surface area contributed by atoms with Crippen LogP contribution in [0.3, 0.4) is 0 Å². The van der Waals surface area contributed by atoms with E-state index >= 15 is 0 Å². The van der Waals surface area contributed by atoms with E-state index in [0.29, 0.717) is 49.2 Å². The van der Waals surface area contributed by atoms with Crippen molar-refractivity contribution in [1.29, 1.82) is 0 Å². The normalized spacial score (nSPS) is 10.8. The molecule has 174 valence electrons. The van der Waals surface area contributed by atoms with Crippen molar-refractivity contribution >= 4 is 35.1 Å². The zero-order valence-electron chi connectivity index (χ0n) is 19.7. The van der Waals surface area contributed by atoms with Gasteiger partial charge in [-0.25, -0.2) is 4.68 Å². The minimum absolute atomic E-state index is 0.0462. The van der Waals surface area contributed by atoms with Crippen molar-refractivity contribution in [2.75, 3.05) is 10.6 Å². The van der Waals surface area contributed by atoms with Crippen molar-refractivity contribution in [1.82, 2.24) is 24.7 Å². The molecule has 0 saturated heterocycles. The minimum atomic E-state index is -0.0462. The molecule has 33 heavy (non-hydrogen) atoms. The van der Waals surface area contributed by atoms with Gasteiger partial charge in [-0.05, 0) is 37.5 Å². The molecular weight excluding hydrogens is 418 g/mol. The lowest BCUT2D eigenvalue weighted by Crippen LogP contribution is -2.13. The van der Waals surface area contributed by atoms with Gasteiger partial charge in [0.25, 0.3) is 0 Å². The Morgan fingerprint density at radius 3 is 2.21 bits per heavy atom. The molecule has 0 aliphatic heterocycles. The van der Waals surface area contributed by atoms with Crippen molar-refractivity contribution in [2.45, 2.75) is 66.2 Å². The lowest BCUT2D eigenvalue weighted by atomic mass is 10.1. The summed E-state index contributed by atoms with van der Waals surface area (Å²) in [4.78, 5) is 37.4. The van der Waals surface area contributed by atoms with Gasteiger partial charge >= 0.3 is 0 Å². The minimum Gasteiger partial charge on any atom is -0.324 e. The van der Waals surface area contributed by atoms with Crippen molar-refractivity contribution in [2.24, 2.45) is 0 Å². The standard InChI is InChI=1S/C24H31N7O2/c1-5-8-19(32)15-17-10-12-18(13-11-17)25-23-26-20(7-3)27-24(29-23)28-21-14-16(4)31(30-21)22(33)9-6-2/h10-14H,5-9,15H2,1-4H3,(H2,25,26,27,28,29,30). The molecule has 2 heterocycles. The first kappa shape index (κ1) is 24.0. The molecule has 0 atom stereocenters. The van der Waals surface area contributed by atoms with E-state index in [9.17, 15) is 9.59 Å². The van der Waals surface area contributed by atoms with Crippen LogP contribution in [0.15, 0.2) is 30.3 Å². The fraction of sp³-hybridized carbons (Fsp3) is 0.417. The smallest absolute Gasteiger partial charge is 0.247 e. The van der Waals surface area contributed by atoms with Gasteiger partial charge in [-0.3, -0.25) is 9.59 Å². The van der Waals surface area contributed by atoms with Crippen LogP contribution >= 0.6 is 0 Å². The van der Waals surface area contributed by atoms with E-state index in [0.717, 1.165) is 29.8 Å². The Morgan fingerprint density at radius 1 is 0.909 bits per heavy atom. The van der Waals surface area contributed by atoms with Crippen molar-refractivity contribution < 1.29 is 9.59 Å². The van der Waals surface area contributed by atoms with E-state index < -0.39 is 0 Å². The summed E-state index contributed by atoms with van der Waals surface area (Å²) in [7, 11) is 0. The van der Waals surface area contributed by atoms with Crippen LogP contribution in [-0.2, 0) is 17.6 Å². The summed E-state index contributed by atoms with van der Waals surface area (Å²) >= 11 is 0. The van der Waals surface area contributed by atoms with Gasteiger partial charge < -0.3 is 10.6 Å². The Bertz CT molecular complexity index is 1110. The number of Topliss-reactive ketones (excluding diaryl/α,β-unsaturated/α-hetero) is 1. The maximum atomic E-state index is 12.2. The third-order valence-electron chi connectivity index (χ3n) is 4.97. The number of anilines is 4. The average Bonchev–Trinajstić information content (AvgIpc) is 3.15. The number of rotatable bonds is 11. The number of carbonyl (C=O) groups is 2. The molecule has 0 aliphatic carbocycles. The second-order valence-corrected chi connectivity index (χ2v) is 7.89. The van der Waals surface area contributed by atoms with E-state index in [-0.39, 0.29) is 11.7 Å². The molecule has 1 aromatic carbocycles. The predicted octanol–water partition coefficient (Wildman–Crippen LogP) is 4.78. The number of hydrogen-bond acceptors (Lipinski definition) is 8. The zero-order valence-corrected chi connectivity index (χ0v) is 19.7. The van der Waals surface area contributed by atoms with Crippen molar-refractivity contribution in [3.05, 3.63) is 47.4 Å². The number of nitrogens with zero attached hydrogens (tertiary/aromatic N) is 5. The van der Waals surface area contributed by atoms with Crippen molar-refractivity contribution in [3.8, 4) is 0 Å². The van der Waals surface area contributed by atoms with Crippen LogP contribution in [0.5, 0.6) is 0 Å². The van der Waals surface area contributed by atoms with E-state index in [1.54, 1.807) is 6.07 Å². The number of hydrogen-bond donors (Lipinski definition) is 2. The van der Waals surface area contributed by atoms with Gasteiger partial charge in [-0.2, -0.15) is 15.0 Å². The second kappa shape index (κ2) is 11.3. The van der Waals surface area contributed by atoms with Gasteiger partial charge in [0.05, 0.1) is 0 Å². The molecule has 0 bridgehead atoms. The van der Waals surface area contributed by atoms with Crippen LogP contribution in [0.4, 0.5) is 23.4 Å². The Balaban J connectivity index is 1.74. The number of nitrogens with one attached hydrogen (secondary N) is 2. The third kappa shape index (κ3) is 6.68. The fourth-order valence-corrected chi connectivity index (χ4v) is 3.34. The molecule has 0 radical (unpaired) electrons. The maximum Gasteiger partial charge on any atom is 0.247 e. The highest BCUT2D eigenvalue weighted by Gasteiger charge is 2.13. The number of carbonyl (C=O) groups excluding carboxylic acids is 2. The molecular formula is C24H31N7O2. The van der Waals surface area contributed by atoms with Crippen LogP contribution in [0, 0.1) is 6.92 Å². The molecule has 0 fully saturated rings. The summed E-state index contributed by atoms with van der Waals surface area (Å²) in [6, 6.07) is 9.46. The largest absolute Gasteiger partial charge is 0.324 e. The van der Waals surface area contributed by atoms with Crippen LogP contribution in [0.25, 0.3) is 0 Å². The van der Waals surface area contributed by atoms with Gasteiger partial charge in [0.2, 0.25) is 17.8 Å². The fourth-order valence-electron chi connectivity index (χ4n) is 3.34. The summed E-state index contributed by atoms with van der Waals surface area (Å²) < 4.78 is 1.40.